The number of ether oxygens (including phenoxy) is 1. The first-order valence-electron chi connectivity index (χ1n) is 9.89. The number of para-hydroxylation sites is 2. The Morgan fingerprint density at radius 2 is 1.94 bits per heavy atom. The number of thioether (sulfide) groups is 1. The van der Waals surface area contributed by atoms with Gasteiger partial charge in [0.05, 0.1) is 28.1 Å². The fraction of sp³-hybridized carbons (Fsp3) is 0.273. The topological polar surface area (TPSA) is 90.1 Å². The summed E-state index contributed by atoms with van der Waals surface area (Å²) in [5, 5.41) is 12.5. The number of fused-ring (bicyclic) bond motifs is 1. The lowest BCUT2D eigenvalue weighted by atomic mass is 10.1. The molecule has 4 aromatic rings. The molecule has 2 aromatic carbocycles. The molecule has 0 fully saturated rings. The number of hydrogen-bond acceptors (Lipinski definition) is 8. The molecule has 31 heavy (non-hydrogen) atoms. The monoisotopic (exact) mass is 454 g/mol. The molecule has 160 valence electrons. The summed E-state index contributed by atoms with van der Waals surface area (Å²) in [6.45, 7) is 0.539. The molecule has 0 aliphatic rings. The van der Waals surface area contributed by atoms with Crippen molar-refractivity contribution in [3.05, 3.63) is 65.0 Å². The molecule has 0 aliphatic heterocycles. The molecule has 2 heterocycles. The van der Waals surface area contributed by atoms with Crippen LogP contribution in [-0.4, -0.2) is 40.5 Å². The van der Waals surface area contributed by atoms with Crippen LogP contribution in [0.5, 0.6) is 5.75 Å². The Kier molecular flexibility index (Phi) is 7.16. The normalized spacial score (nSPS) is 11.0. The van der Waals surface area contributed by atoms with E-state index in [-0.39, 0.29) is 11.7 Å². The molecule has 1 N–H and O–H groups in total. The third-order valence-electron chi connectivity index (χ3n) is 4.57. The molecule has 0 bridgehead atoms. The highest BCUT2D eigenvalue weighted by Gasteiger charge is 2.11. The minimum atomic E-state index is -0.0749. The molecule has 2 aromatic heterocycles. The van der Waals surface area contributed by atoms with Gasteiger partial charge in [-0.05, 0) is 30.2 Å². The lowest BCUT2D eigenvalue weighted by Crippen LogP contribution is -2.27. The molecule has 9 heteroatoms. The van der Waals surface area contributed by atoms with E-state index in [1.165, 1.54) is 16.5 Å². The van der Waals surface area contributed by atoms with Gasteiger partial charge in [-0.3, -0.25) is 4.79 Å². The molecule has 0 aliphatic carbocycles. The van der Waals surface area contributed by atoms with E-state index in [0.29, 0.717) is 30.5 Å². The molecule has 0 unspecified atom stereocenters. The fourth-order valence-electron chi connectivity index (χ4n) is 3.06. The zero-order valence-electron chi connectivity index (χ0n) is 17.0. The van der Waals surface area contributed by atoms with E-state index in [1.807, 2.05) is 42.5 Å². The number of carbonyl (C=O) groups excluding carboxylic acids is 1. The summed E-state index contributed by atoms with van der Waals surface area (Å²) in [6.07, 6.45) is 2.07. The standard InChI is InChI=1S/C22H22N4O3S2/c1-28-17-8-4-2-6-15(17)12-13-23-19(27)14-30-22-26-25-20(29-22)10-11-21-24-16-7-3-5-9-18(16)31-21/h2-9H,10-14H2,1H3,(H,23,27). The van der Waals surface area contributed by atoms with Crippen LogP contribution in [0.25, 0.3) is 10.2 Å². The summed E-state index contributed by atoms with van der Waals surface area (Å²) in [4.78, 5) is 16.7. The third-order valence-corrected chi connectivity index (χ3v) is 6.49. The second-order valence-corrected chi connectivity index (χ2v) is 8.78. The highest BCUT2D eigenvalue weighted by molar-refractivity contribution is 7.99. The molecule has 0 saturated carbocycles. The van der Waals surface area contributed by atoms with E-state index < -0.39 is 0 Å². The van der Waals surface area contributed by atoms with Crippen molar-refractivity contribution < 1.29 is 13.9 Å². The zero-order chi connectivity index (χ0) is 21.5. The number of aromatic nitrogens is 3. The van der Waals surface area contributed by atoms with Gasteiger partial charge in [-0.2, -0.15) is 0 Å². The largest absolute Gasteiger partial charge is 0.496 e. The fourth-order valence-corrected chi connectivity index (χ4v) is 4.64. The number of rotatable bonds is 10. The van der Waals surface area contributed by atoms with Crippen LogP contribution in [0.2, 0.25) is 0 Å². The van der Waals surface area contributed by atoms with Gasteiger partial charge in [-0.25, -0.2) is 4.98 Å². The molecular formula is C22H22N4O3S2. The summed E-state index contributed by atoms with van der Waals surface area (Å²) in [7, 11) is 1.64. The lowest BCUT2D eigenvalue weighted by molar-refractivity contribution is -0.118. The van der Waals surface area contributed by atoms with E-state index in [1.54, 1.807) is 18.4 Å². The number of nitrogens with one attached hydrogen (secondary N) is 1. The summed E-state index contributed by atoms with van der Waals surface area (Å²) in [6, 6.07) is 15.9. The van der Waals surface area contributed by atoms with Crippen LogP contribution in [0.15, 0.2) is 58.2 Å². The van der Waals surface area contributed by atoms with Crippen molar-refractivity contribution in [3.8, 4) is 5.75 Å². The summed E-state index contributed by atoms with van der Waals surface area (Å²) < 4.78 is 12.2. The predicted octanol–water partition coefficient (Wildman–Crippen LogP) is 3.92. The number of aryl methyl sites for hydroxylation is 2. The molecule has 1 amide bonds. The first-order chi connectivity index (χ1) is 15.2. The van der Waals surface area contributed by atoms with Crippen LogP contribution in [-0.2, 0) is 24.1 Å². The van der Waals surface area contributed by atoms with E-state index in [9.17, 15) is 4.79 Å². The molecule has 7 nitrogen and oxygen atoms in total. The van der Waals surface area contributed by atoms with Gasteiger partial charge in [0.2, 0.25) is 11.8 Å². The summed E-state index contributed by atoms with van der Waals surface area (Å²) in [5.41, 5.74) is 2.08. The minimum absolute atomic E-state index is 0.0749. The summed E-state index contributed by atoms with van der Waals surface area (Å²) in [5.74, 6) is 1.54. The molecule has 0 atom stereocenters. The lowest BCUT2D eigenvalue weighted by Gasteiger charge is -2.08. The predicted molar refractivity (Wildman–Crippen MR) is 122 cm³/mol. The van der Waals surface area contributed by atoms with Gasteiger partial charge in [0.25, 0.3) is 5.22 Å². The van der Waals surface area contributed by atoms with E-state index in [2.05, 4.69) is 26.6 Å². The van der Waals surface area contributed by atoms with Gasteiger partial charge < -0.3 is 14.5 Å². The number of nitrogens with zero attached hydrogens (tertiary/aromatic N) is 3. The van der Waals surface area contributed by atoms with Crippen LogP contribution >= 0.6 is 23.1 Å². The van der Waals surface area contributed by atoms with Crippen LogP contribution in [0.3, 0.4) is 0 Å². The number of thiazole rings is 1. The number of carbonyl (C=O) groups is 1. The van der Waals surface area contributed by atoms with Gasteiger partial charge in [0.1, 0.15) is 5.75 Å². The molecule has 4 rings (SSSR count). The Morgan fingerprint density at radius 1 is 1.10 bits per heavy atom. The van der Waals surface area contributed by atoms with Gasteiger partial charge >= 0.3 is 0 Å². The van der Waals surface area contributed by atoms with E-state index in [0.717, 1.165) is 28.3 Å². The molecule has 0 radical (unpaired) electrons. The van der Waals surface area contributed by atoms with Gasteiger partial charge in [-0.1, -0.05) is 42.1 Å². The second kappa shape index (κ2) is 10.4. The van der Waals surface area contributed by atoms with Crippen molar-refractivity contribution in [3.63, 3.8) is 0 Å². The van der Waals surface area contributed by atoms with Gasteiger partial charge in [-0.15, -0.1) is 21.5 Å². The third kappa shape index (κ3) is 5.83. The Balaban J connectivity index is 1.19. The Labute approximate surface area is 188 Å². The zero-order valence-corrected chi connectivity index (χ0v) is 18.7. The van der Waals surface area contributed by atoms with Crippen LogP contribution in [0.1, 0.15) is 16.5 Å². The van der Waals surface area contributed by atoms with Crippen molar-refractivity contribution >= 4 is 39.2 Å². The van der Waals surface area contributed by atoms with Crippen molar-refractivity contribution in [2.24, 2.45) is 0 Å². The SMILES string of the molecule is COc1ccccc1CCNC(=O)CSc1nnc(CCc2nc3ccccc3s2)o1. The van der Waals surface area contributed by atoms with Crippen LogP contribution < -0.4 is 10.1 Å². The summed E-state index contributed by atoms with van der Waals surface area (Å²) >= 11 is 2.92. The molecule has 0 saturated heterocycles. The Bertz CT molecular complexity index is 1130. The Hall–Kier alpha value is -2.91. The van der Waals surface area contributed by atoms with Gasteiger partial charge in [0.15, 0.2) is 0 Å². The highest BCUT2D eigenvalue weighted by Crippen LogP contribution is 2.23. The number of methoxy groups -OCH3 is 1. The quantitative estimate of drug-likeness (QED) is 0.363. The average Bonchev–Trinajstić information content (AvgIpc) is 3.43. The average molecular weight is 455 g/mol. The van der Waals surface area contributed by atoms with Crippen LogP contribution in [0.4, 0.5) is 0 Å². The second-order valence-electron chi connectivity index (χ2n) is 6.74. The highest BCUT2D eigenvalue weighted by atomic mass is 32.2. The molecular weight excluding hydrogens is 432 g/mol. The van der Waals surface area contributed by atoms with Crippen molar-refractivity contribution in [1.29, 1.82) is 0 Å². The first kappa shape index (κ1) is 21.3. The Morgan fingerprint density at radius 3 is 2.81 bits per heavy atom. The van der Waals surface area contributed by atoms with Crippen molar-refractivity contribution in [2.45, 2.75) is 24.5 Å². The minimum Gasteiger partial charge on any atom is -0.496 e. The maximum absolute atomic E-state index is 12.1. The van der Waals surface area contributed by atoms with Gasteiger partial charge in [0, 0.05) is 19.4 Å². The van der Waals surface area contributed by atoms with E-state index in [4.69, 9.17) is 9.15 Å². The smallest absolute Gasteiger partial charge is 0.277 e. The van der Waals surface area contributed by atoms with Crippen molar-refractivity contribution in [1.82, 2.24) is 20.5 Å². The first-order valence-corrected chi connectivity index (χ1v) is 11.7. The number of benzene rings is 2. The maximum atomic E-state index is 12.1. The van der Waals surface area contributed by atoms with Crippen LogP contribution in [0, 0.1) is 0 Å². The maximum Gasteiger partial charge on any atom is 0.277 e. The van der Waals surface area contributed by atoms with E-state index >= 15 is 0 Å². The molecule has 0 spiro atoms. The number of hydrogen-bond donors (Lipinski definition) is 1. The van der Waals surface area contributed by atoms with Crippen molar-refractivity contribution in [2.75, 3.05) is 19.4 Å². The number of amides is 1.